The summed E-state index contributed by atoms with van der Waals surface area (Å²) in [4.78, 5) is 26.5. The van der Waals surface area contributed by atoms with Crippen molar-refractivity contribution < 1.29 is 4.79 Å². The van der Waals surface area contributed by atoms with Crippen molar-refractivity contribution in [1.29, 1.82) is 0 Å². The molecule has 18 heavy (non-hydrogen) atoms. The molecule has 2 rings (SSSR count). The van der Waals surface area contributed by atoms with E-state index in [9.17, 15) is 9.59 Å². The number of hydrogen-bond donors (Lipinski definition) is 2. The number of fused-ring (bicyclic) bond motifs is 1. The monoisotopic (exact) mass is 247 g/mol. The van der Waals surface area contributed by atoms with Gasteiger partial charge in [0.25, 0.3) is 0 Å². The Morgan fingerprint density at radius 3 is 2.83 bits per heavy atom. The van der Waals surface area contributed by atoms with Crippen LogP contribution in [0, 0.1) is 6.92 Å². The van der Waals surface area contributed by atoms with E-state index in [4.69, 9.17) is 5.73 Å². The van der Waals surface area contributed by atoms with Crippen molar-refractivity contribution in [2.75, 3.05) is 5.73 Å². The SMILES string of the molecule is CCCCC(=O)n1c(=O)[nH]c2cc(C)c(N)cc21. The van der Waals surface area contributed by atoms with Gasteiger partial charge in [-0.1, -0.05) is 13.3 Å². The van der Waals surface area contributed by atoms with E-state index in [1.807, 2.05) is 13.8 Å². The molecule has 1 heterocycles. The highest BCUT2D eigenvalue weighted by Crippen LogP contribution is 2.19. The van der Waals surface area contributed by atoms with E-state index < -0.39 is 5.69 Å². The van der Waals surface area contributed by atoms with Crippen LogP contribution in [0.5, 0.6) is 0 Å². The number of carbonyl (C=O) groups is 1. The Morgan fingerprint density at radius 2 is 2.17 bits per heavy atom. The Labute approximate surface area is 105 Å². The number of aryl methyl sites for hydroxylation is 1. The van der Waals surface area contributed by atoms with Gasteiger partial charge in [-0.3, -0.25) is 4.79 Å². The van der Waals surface area contributed by atoms with Gasteiger partial charge in [-0.05, 0) is 31.0 Å². The lowest BCUT2D eigenvalue weighted by molar-refractivity contribution is 0.0901. The van der Waals surface area contributed by atoms with Gasteiger partial charge in [0.2, 0.25) is 5.91 Å². The van der Waals surface area contributed by atoms with Crippen molar-refractivity contribution in [2.45, 2.75) is 33.1 Å². The van der Waals surface area contributed by atoms with E-state index in [0.29, 0.717) is 23.1 Å². The number of aromatic amines is 1. The molecule has 0 fully saturated rings. The summed E-state index contributed by atoms with van der Waals surface area (Å²) < 4.78 is 1.18. The Morgan fingerprint density at radius 1 is 1.44 bits per heavy atom. The number of benzene rings is 1. The number of nitrogens with zero attached hydrogens (tertiary/aromatic N) is 1. The van der Waals surface area contributed by atoms with Crippen LogP contribution in [-0.4, -0.2) is 15.5 Å². The number of rotatable bonds is 3. The van der Waals surface area contributed by atoms with Gasteiger partial charge in [-0.15, -0.1) is 0 Å². The van der Waals surface area contributed by atoms with Crippen LogP contribution in [0.4, 0.5) is 5.69 Å². The van der Waals surface area contributed by atoms with Gasteiger partial charge in [0.15, 0.2) is 0 Å². The zero-order chi connectivity index (χ0) is 13.3. The van der Waals surface area contributed by atoms with Crippen LogP contribution < -0.4 is 11.4 Å². The smallest absolute Gasteiger partial charge is 0.333 e. The molecule has 5 heteroatoms. The first-order chi connectivity index (χ1) is 8.54. The first kappa shape index (κ1) is 12.4. The zero-order valence-electron chi connectivity index (χ0n) is 10.6. The molecule has 0 unspecified atom stereocenters. The molecule has 0 saturated heterocycles. The van der Waals surface area contributed by atoms with Crippen molar-refractivity contribution in [3.05, 3.63) is 28.2 Å². The molecule has 2 aromatic rings. The minimum atomic E-state index is -0.392. The molecule has 0 amide bonds. The second kappa shape index (κ2) is 4.68. The Kier molecular flexibility index (Phi) is 3.23. The van der Waals surface area contributed by atoms with Crippen molar-refractivity contribution in [2.24, 2.45) is 0 Å². The average molecular weight is 247 g/mol. The van der Waals surface area contributed by atoms with Crippen LogP contribution in [0.3, 0.4) is 0 Å². The molecule has 1 aromatic heterocycles. The molecule has 5 nitrogen and oxygen atoms in total. The maximum absolute atomic E-state index is 12.0. The molecule has 0 saturated carbocycles. The standard InChI is InChI=1S/C13H17N3O2/c1-3-4-5-12(17)16-11-7-9(14)8(2)6-10(11)15-13(16)18/h6-7H,3-5,14H2,1-2H3,(H,15,18). The zero-order valence-corrected chi connectivity index (χ0v) is 10.6. The van der Waals surface area contributed by atoms with Crippen LogP contribution in [0.15, 0.2) is 16.9 Å². The largest absolute Gasteiger partial charge is 0.398 e. The maximum Gasteiger partial charge on any atom is 0.333 e. The minimum absolute atomic E-state index is 0.184. The van der Waals surface area contributed by atoms with E-state index in [0.717, 1.165) is 18.4 Å². The van der Waals surface area contributed by atoms with Gasteiger partial charge in [0.1, 0.15) is 0 Å². The lowest BCUT2D eigenvalue weighted by Crippen LogP contribution is -2.23. The molecule has 1 aromatic carbocycles. The van der Waals surface area contributed by atoms with Crippen LogP contribution >= 0.6 is 0 Å². The summed E-state index contributed by atoms with van der Waals surface area (Å²) in [5, 5.41) is 0. The summed E-state index contributed by atoms with van der Waals surface area (Å²) >= 11 is 0. The first-order valence-electron chi connectivity index (χ1n) is 6.08. The van der Waals surface area contributed by atoms with E-state index in [-0.39, 0.29) is 5.91 Å². The molecule has 0 bridgehead atoms. The molecule has 0 aliphatic rings. The third-order valence-corrected chi connectivity index (χ3v) is 3.06. The number of hydrogen-bond acceptors (Lipinski definition) is 3. The highest BCUT2D eigenvalue weighted by Gasteiger charge is 2.14. The van der Waals surface area contributed by atoms with Gasteiger partial charge in [-0.25, -0.2) is 9.36 Å². The predicted octanol–water partition coefficient (Wildman–Crippen LogP) is 2.05. The van der Waals surface area contributed by atoms with Gasteiger partial charge < -0.3 is 10.7 Å². The second-order valence-corrected chi connectivity index (χ2v) is 4.49. The van der Waals surface area contributed by atoms with Gasteiger partial charge in [-0.2, -0.15) is 0 Å². The highest BCUT2D eigenvalue weighted by atomic mass is 16.2. The Bertz CT molecular complexity index is 652. The summed E-state index contributed by atoms with van der Waals surface area (Å²) in [5.41, 5.74) is 8.11. The van der Waals surface area contributed by atoms with Crippen molar-refractivity contribution in [3.63, 3.8) is 0 Å². The van der Waals surface area contributed by atoms with Crippen LogP contribution in [0.1, 0.15) is 36.5 Å². The van der Waals surface area contributed by atoms with Crippen LogP contribution in [0.25, 0.3) is 11.0 Å². The summed E-state index contributed by atoms with van der Waals surface area (Å²) in [6.07, 6.45) is 2.07. The van der Waals surface area contributed by atoms with Crippen LogP contribution in [0.2, 0.25) is 0 Å². The van der Waals surface area contributed by atoms with Crippen molar-refractivity contribution in [3.8, 4) is 0 Å². The molecular weight excluding hydrogens is 230 g/mol. The van der Waals surface area contributed by atoms with Gasteiger partial charge >= 0.3 is 5.69 Å². The fourth-order valence-electron chi connectivity index (χ4n) is 1.97. The van der Waals surface area contributed by atoms with E-state index in [2.05, 4.69) is 4.98 Å². The lowest BCUT2D eigenvalue weighted by Gasteiger charge is -2.03. The number of nitrogen functional groups attached to an aromatic ring is 1. The maximum atomic E-state index is 12.0. The number of nitrogens with one attached hydrogen (secondary N) is 1. The number of H-pyrrole nitrogens is 1. The molecule has 0 aliphatic heterocycles. The topological polar surface area (TPSA) is 80.9 Å². The quantitative estimate of drug-likeness (QED) is 0.814. The Hall–Kier alpha value is -2.04. The summed E-state index contributed by atoms with van der Waals surface area (Å²) in [6, 6.07) is 3.46. The number of anilines is 1. The van der Waals surface area contributed by atoms with Gasteiger partial charge in [0.05, 0.1) is 11.0 Å². The minimum Gasteiger partial charge on any atom is -0.398 e. The summed E-state index contributed by atoms with van der Waals surface area (Å²) in [5.74, 6) is -0.184. The first-order valence-corrected chi connectivity index (χ1v) is 6.08. The van der Waals surface area contributed by atoms with Gasteiger partial charge in [0, 0.05) is 12.1 Å². The molecule has 0 radical (unpaired) electrons. The fraction of sp³-hybridized carbons (Fsp3) is 0.385. The number of carbonyl (C=O) groups excluding carboxylic acids is 1. The van der Waals surface area contributed by atoms with Crippen molar-refractivity contribution in [1.82, 2.24) is 9.55 Å². The van der Waals surface area contributed by atoms with E-state index >= 15 is 0 Å². The number of imidazole rings is 1. The fourth-order valence-corrected chi connectivity index (χ4v) is 1.97. The third-order valence-electron chi connectivity index (χ3n) is 3.06. The highest BCUT2D eigenvalue weighted by molar-refractivity contribution is 5.92. The average Bonchev–Trinajstić information content (AvgIpc) is 2.62. The lowest BCUT2D eigenvalue weighted by atomic mass is 10.2. The van der Waals surface area contributed by atoms with E-state index in [1.54, 1.807) is 12.1 Å². The predicted molar refractivity (Wildman–Crippen MR) is 71.9 cm³/mol. The number of nitrogens with two attached hydrogens (primary N) is 1. The Balaban J connectivity index is 2.56. The number of aromatic nitrogens is 2. The summed E-state index contributed by atoms with van der Waals surface area (Å²) in [7, 11) is 0. The molecule has 3 N–H and O–H groups in total. The molecule has 0 aliphatic carbocycles. The molecule has 96 valence electrons. The van der Waals surface area contributed by atoms with Crippen LogP contribution in [-0.2, 0) is 0 Å². The third kappa shape index (κ3) is 2.03. The molecule has 0 spiro atoms. The normalized spacial score (nSPS) is 11.0. The number of unbranched alkanes of at least 4 members (excludes halogenated alkanes) is 1. The van der Waals surface area contributed by atoms with Crippen molar-refractivity contribution >= 4 is 22.6 Å². The summed E-state index contributed by atoms with van der Waals surface area (Å²) in [6.45, 7) is 3.87. The van der Waals surface area contributed by atoms with E-state index in [1.165, 1.54) is 4.57 Å². The molecule has 0 atom stereocenters. The second-order valence-electron chi connectivity index (χ2n) is 4.49. The molecular formula is C13H17N3O2.